The van der Waals surface area contributed by atoms with Gasteiger partial charge >= 0.3 is 0 Å². The molecule has 18 heavy (non-hydrogen) atoms. The highest BCUT2D eigenvalue weighted by molar-refractivity contribution is 4.91. The second-order valence-electron chi connectivity index (χ2n) is 6.23. The number of hydrogen-bond acceptors (Lipinski definition) is 2. The van der Waals surface area contributed by atoms with Crippen LogP contribution in [-0.2, 0) is 0 Å². The maximum atomic E-state index is 3.55. The first kappa shape index (κ1) is 16.0. The van der Waals surface area contributed by atoms with E-state index < -0.39 is 0 Å². The molecule has 1 aliphatic rings. The van der Waals surface area contributed by atoms with E-state index in [1.807, 2.05) is 0 Å². The molecule has 1 N–H and O–H groups in total. The first-order valence-corrected chi connectivity index (χ1v) is 8.03. The van der Waals surface area contributed by atoms with Crippen LogP contribution >= 0.6 is 0 Å². The lowest BCUT2D eigenvalue weighted by molar-refractivity contribution is 0.0862. The molecule has 0 radical (unpaired) electrons. The third kappa shape index (κ3) is 4.24. The van der Waals surface area contributed by atoms with Crippen LogP contribution in [0.3, 0.4) is 0 Å². The van der Waals surface area contributed by atoms with Crippen molar-refractivity contribution >= 4 is 0 Å². The van der Waals surface area contributed by atoms with Crippen LogP contribution in [0.15, 0.2) is 0 Å². The van der Waals surface area contributed by atoms with Crippen molar-refractivity contribution in [1.82, 2.24) is 10.2 Å². The molecule has 1 fully saturated rings. The monoisotopic (exact) mass is 254 g/mol. The van der Waals surface area contributed by atoms with Gasteiger partial charge in [-0.3, -0.25) is 4.90 Å². The van der Waals surface area contributed by atoms with Gasteiger partial charge in [0, 0.05) is 18.1 Å². The fraction of sp³-hybridized carbons (Fsp3) is 1.00. The molecule has 1 saturated carbocycles. The summed E-state index contributed by atoms with van der Waals surface area (Å²) in [7, 11) is 4.47. The average Bonchev–Trinajstić information content (AvgIpc) is 2.38. The summed E-state index contributed by atoms with van der Waals surface area (Å²) in [4.78, 5) is 2.65. The minimum absolute atomic E-state index is 0.697. The molecule has 0 aliphatic heterocycles. The maximum absolute atomic E-state index is 3.55. The highest BCUT2D eigenvalue weighted by atomic mass is 15.2. The third-order valence-electron chi connectivity index (χ3n) is 4.92. The van der Waals surface area contributed by atoms with Gasteiger partial charge in [-0.25, -0.2) is 0 Å². The second kappa shape index (κ2) is 8.16. The van der Waals surface area contributed by atoms with Crippen LogP contribution in [0.1, 0.15) is 65.7 Å². The largest absolute Gasteiger partial charge is 0.315 e. The molecule has 0 aromatic rings. The van der Waals surface area contributed by atoms with Crippen molar-refractivity contribution in [3.63, 3.8) is 0 Å². The molecule has 0 saturated heterocycles. The predicted molar refractivity (Wildman–Crippen MR) is 81.0 cm³/mol. The predicted octanol–water partition coefficient (Wildman–Crippen LogP) is 3.66. The van der Waals surface area contributed by atoms with Gasteiger partial charge in [0.15, 0.2) is 0 Å². The summed E-state index contributed by atoms with van der Waals surface area (Å²) < 4.78 is 0. The summed E-state index contributed by atoms with van der Waals surface area (Å²) in [5.74, 6) is 0.959. The fourth-order valence-electron chi connectivity index (χ4n) is 3.64. The van der Waals surface area contributed by atoms with Crippen molar-refractivity contribution in [3.8, 4) is 0 Å². The Hall–Kier alpha value is -0.0800. The van der Waals surface area contributed by atoms with Crippen molar-refractivity contribution in [2.45, 2.75) is 83.8 Å². The first-order chi connectivity index (χ1) is 8.63. The summed E-state index contributed by atoms with van der Waals surface area (Å²) in [5.41, 5.74) is 0. The van der Waals surface area contributed by atoms with Gasteiger partial charge in [0.05, 0.1) is 0 Å². The lowest BCUT2D eigenvalue weighted by atomic mass is 9.79. The van der Waals surface area contributed by atoms with E-state index in [-0.39, 0.29) is 0 Å². The average molecular weight is 254 g/mol. The number of rotatable bonds is 7. The van der Waals surface area contributed by atoms with Gasteiger partial charge in [-0.1, -0.05) is 33.1 Å². The smallest absolute Gasteiger partial charge is 0.0251 e. The molecule has 108 valence electrons. The van der Waals surface area contributed by atoms with Crippen LogP contribution in [0, 0.1) is 5.92 Å². The van der Waals surface area contributed by atoms with Gasteiger partial charge in [0.2, 0.25) is 0 Å². The molecule has 1 aliphatic carbocycles. The number of hydrogen-bond donors (Lipinski definition) is 1. The van der Waals surface area contributed by atoms with Crippen LogP contribution in [0.25, 0.3) is 0 Å². The summed E-state index contributed by atoms with van der Waals surface area (Å²) in [5, 5.41) is 3.55. The van der Waals surface area contributed by atoms with E-state index in [9.17, 15) is 0 Å². The standard InChI is InChI=1S/C16H34N2/c1-6-8-13(3)18(5)16-12-14(9-7-2)10-11-15(16)17-4/h13-17H,6-12H2,1-5H3. The van der Waals surface area contributed by atoms with Crippen molar-refractivity contribution in [2.24, 2.45) is 5.92 Å². The van der Waals surface area contributed by atoms with Crippen LogP contribution in [0.5, 0.6) is 0 Å². The molecule has 4 atom stereocenters. The fourth-order valence-corrected chi connectivity index (χ4v) is 3.64. The Morgan fingerprint density at radius 3 is 2.50 bits per heavy atom. The molecule has 1 rings (SSSR count). The van der Waals surface area contributed by atoms with Crippen molar-refractivity contribution < 1.29 is 0 Å². The van der Waals surface area contributed by atoms with E-state index in [4.69, 9.17) is 0 Å². The lowest BCUT2D eigenvalue weighted by Gasteiger charge is -2.43. The molecular formula is C16H34N2. The molecule has 0 bridgehead atoms. The van der Waals surface area contributed by atoms with Crippen LogP contribution < -0.4 is 5.32 Å². The van der Waals surface area contributed by atoms with Crippen LogP contribution in [-0.4, -0.2) is 37.1 Å². The van der Waals surface area contributed by atoms with E-state index in [0.717, 1.165) is 18.0 Å². The lowest BCUT2D eigenvalue weighted by Crippen LogP contribution is -2.53. The van der Waals surface area contributed by atoms with E-state index in [2.05, 4.69) is 45.1 Å². The second-order valence-corrected chi connectivity index (χ2v) is 6.23. The van der Waals surface area contributed by atoms with Gasteiger partial charge in [-0.05, 0) is 52.6 Å². The van der Waals surface area contributed by atoms with E-state index in [1.165, 1.54) is 44.9 Å². The SMILES string of the molecule is CCCC1CCC(NC)C(N(C)C(C)CCC)C1. The normalized spacial score (nSPS) is 30.7. The van der Waals surface area contributed by atoms with E-state index in [0.29, 0.717) is 6.04 Å². The van der Waals surface area contributed by atoms with Gasteiger partial charge in [0.25, 0.3) is 0 Å². The van der Waals surface area contributed by atoms with E-state index in [1.54, 1.807) is 0 Å². The van der Waals surface area contributed by atoms with Gasteiger partial charge in [-0.15, -0.1) is 0 Å². The maximum Gasteiger partial charge on any atom is 0.0251 e. The molecular weight excluding hydrogens is 220 g/mol. The highest BCUT2D eigenvalue weighted by Crippen LogP contribution is 2.31. The zero-order chi connectivity index (χ0) is 13.5. The first-order valence-electron chi connectivity index (χ1n) is 8.03. The quantitative estimate of drug-likeness (QED) is 0.746. The van der Waals surface area contributed by atoms with Gasteiger partial charge in [0.1, 0.15) is 0 Å². The number of likely N-dealkylation sites (N-methyl/N-ethyl adjacent to an activating group) is 2. The molecule has 0 amide bonds. The van der Waals surface area contributed by atoms with Crippen molar-refractivity contribution in [2.75, 3.05) is 14.1 Å². The zero-order valence-corrected chi connectivity index (χ0v) is 13.2. The Bertz CT molecular complexity index is 213. The minimum Gasteiger partial charge on any atom is -0.315 e. The Morgan fingerprint density at radius 2 is 1.94 bits per heavy atom. The van der Waals surface area contributed by atoms with Crippen LogP contribution in [0.4, 0.5) is 0 Å². The molecule has 0 aromatic heterocycles. The number of nitrogens with zero attached hydrogens (tertiary/aromatic N) is 1. The van der Waals surface area contributed by atoms with Gasteiger partial charge < -0.3 is 5.32 Å². The Labute approximate surface area is 115 Å². The number of nitrogens with one attached hydrogen (secondary N) is 1. The molecule has 4 unspecified atom stereocenters. The molecule has 0 spiro atoms. The Kier molecular flexibility index (Phi) is 7.25. The van der Waals surface area contributed by atoms with Crippen molar-refractivity contribution in [3.05, 3.63) is 0 Å². The van der Waals surface area contributed by atoms with Gasteiger partial charge in [-0.2, -0.15) is 0 Å². The third-order valence-corrected chi connectivity index (χ3v) is 4.92. The zero-order valence-electron chi connectivity index (χ0n) is 13.2. The van der Waals surface area contributed by atoms with Crippen LogP contribution in [0.2, 0.25) is 0 Å². The molecule has 2 nitrogen and oxygen atoms in total. The minimum atomic E-state index is 0.697. The van der Waals surface area contributed by atoms with E-state index >= 15 is 0 Å². The highest BCUT2D eigenvalue weighted by Gasteiger charge is 2.33. The molecule has 2 heteroatoms. The van der Waals surface area contributed by atoms with Crippen molar-refractivity contribution in [1.29, 1.82) is 0 Å². The topological polar surface area (TPSA) is 15.3 Å². The Morgan fingerprint density at radius 1 is 1.22 bits per heavy atom. The summed E-state index contributed by atoms with van der Waals surface area (Å²) in [6.45, 7) is 7.00. The summed E-state index contributed by atoms with van der Waals surface area (Å²) in [6, 6.07) is 2.15. The molecule has 0 heterocycles. The summed E-state index contributed by atoms with van der Waals surface area (Å²) in [6.07, 6.45) is 9.55. The molecule has 0 aromatic carbocycles. The Balaban J connectivity index is 2.61. The summed E-state index contributed by atoms with van der Waals surface area (Å²) >= 11 is 0.